The Morgan fingerprint density at radius 3 is 2.50 bits per heavy atom. The summed E-state index contributed by atoms with van der Waals surface area (Å²) in [5.74, 6) is 0.873. The number of rotatable bonds is 3. The fraction of sp³-hybridized carbons (Fsp3) is 1.00. The summed E-state index contributed by atoms with van der Waals surface area (Å²) in [7, 11) is -2.93. The van der Waals surface area contributed by atoms with Gasteiger partial charge in [-0.15, -0.1) is 0 Å². The van der Waals surface area contributed by atoms with Crippen LogP contribution in [0.4, 0.5) is 0 Å². The van der Waals surface area contributed by atoms with Gasteiger partial charge in [0.25, 0.3) is 0 Å². The molecule has 0 aromatic heterocycles. The molecule has 3 atom stereocenters. The van der Waals surface area contributed by atoms with Gasteiger partial charge in [-0.05, 0) is 31.6 Å². The van der Waals surface area contributed by atoms with Crippen LogP contribution in [0.1, 0.15) is 39.5 Å². The van der Waals surface area contributed by atoms with E-state index in [2.05, 4.69) is 6.92 Å². The molecule has 0 aromatic carbocycles. The molecule has 0 spiro atoms. The fourth-order valence-corrected chi connectivity index (χ4v) is 4.29. The lowest BCUT2D eigenvalue weighted by Gasteiger charge is -2.31. The van der Waals surface area contributed by atoms with E-state index in [1.807, 2.05) is 6.92 Å². The van der Waals surface area contributed by atoms with E-state index in [4.69, 9.17) is 5.73 Å². The summed E-state index contributed by atoms with van der Waals surface area (Å²) in [6.45, 7) is 4.04. The van der Waals surface area contributed by atoms with E-state index < -0.39 is 9.84 Å². The predicted octanol–water partition coefficient (Wildman–Crippen LogP) is 1.33. The highest BCUT2D eigenvalue weighted by Gasteiger charge is 2.34. The third-order valence-corrected chi connectivity index (χ3v) is 5.53. The van der Waals surface area contributed by atoms with Crippen LogP contribution in [0.3, 0.4) is 0 Å². The van der Waals surface area contributed by atoms with Crippen LogP contribution in [0.2, 0.25) is 0 Å². The molecule has 1 aliphatic rings. The van der Waals surface area contributed by atoms with Gasteiger partial charge in [-0.3, -0.25) is 0 Å². The van der Waals surface area contributed by atoms with Gasteiger partial charge in [0.1, 0.15) is 0 Å². The number of nitrogens with two attached hydrogens (primary N) is 1. The van der Waals surface area contributed by atoms with Gasteiger partial charge in [0, 0.05) is 6.04 Å². The SMILES string of the molecule is CCCS(=O)(=O)C1CCC(C)CC1N. The van der Waals surface area contributed by atoms with E-state index in [0.717, 1.165) is 19.3 Å². The second-order valence-corrected chi connectivity index (χ2v) is 6.83. The zero-order valence-corrected chi connectivity index (χ0v) is 9.89. The van der Waals surface area contributed by atoms with Crippen molar-refractivity contribution in [3.8, 4) is 0 Å². The Bertz CT molecular complexity index is 274. The summed E-state index contributed by atoms with van der Waals surface area (Å²) < 4.78 is 23.6. The predicted molar refractivity (Wildman–Crippen MR) is 58.9 cm³/mol. The molecule has 4 heteroatoms. The second-order valence-electron chi connectivity index (χ2n) is 4.49. The van der Waals surface area contributed by atoms with Crippen LogP contribution in [0.15, 0.2) is 0 Å². The van der Waals surface area contributed by atoms with Crippen molar-refractivity contribution < 1.29 is 8.42 Å². The highest BCUT2D eigenvalue weighted by atomic mass is 32.2. The summed E-state index contributed by atoms with van der Waals surface area (Å²) in [5, 5.41) is -0.279. The van der Waals surface area contributed by atoms with Crippen molar-refractivity contribution in [1.29, 1.82) is 0 Å². The fourth-order valence-electron chi connectivity index (χ4n) is 2.28. The van der Waals surface area contributed by atoms with Crippen LogP contribution in [0.5, 0.6) is 0 Å². The number of hydrogen-bond donors (Lipinski definition) is 1. The van der Waals surface area contributed by atoms with E-state index in [1.165, 1.54) is 0 Å². The van der Waals surface area contributed by atoms with Crippen molar-refractivity contribution in [1.82, 2.24) is 0 Å². The van der Waals surface area contributed by atoms with Gasteiger partial charge < -0.3 is 5.73 Å². The van der Waals surface area contributed by atoms with Gasteiger partial charge >= 0.3 is 0 Å². The Balaban J connectivity index is 2.69. The van der Waals surface area contributed by atoms with Crippen LogP contribution in [-0.2, 0) is 9.84 Å². The van der Waals surface area contributed by atoms with Gasteiger partial charge in [-0.25, -0.2) is 8.42 Å². The molecule has 0 radical (unpaired) electrons. The first-order chi connectivity index (χ1) is 6.47. The second kappa shape index (κ2) is 4.62. The molecular weight excluding hydrogens is 198 g/mol. The normalized spacial score (nSPS) is 34.4. The summed E-state index contributed by atoms with van der Waals surface area (Å²) in [6.07, 6.45) is 3.31. The molecule has 1 saturated carbocycles. The quantitative estimate of drug-likeness (QED) is 0.779. The van der Waals surface area contributed by atoms with Gasteiger partial charge in [0.05, 0.1) is 11.0 Å². The van der Waals surface area contributed by atoms with Gasteiger partial charge in [0.2, 0.25) is 0 Å². The van der Waals surface area contributed by atoms with Gasteiger partial charge in [-0.2, -0.15) is 0 Å². The first-order valence-corrected chi connectivity index (χ1v) is 7.16. The topological polar surface area (TPSA) is 60.2 Å². The molecule has 0 bridgehead atoms. The Kier molecular flexibility index (Phi) is 3.95. The highest BCUT2D eigenvalue weighted by Crippen LogP contribution is 2.27. The van der Waals surface area contributed by atoms with Crippen molar-refractivity contribution in [3.63, 3.8) is 0 Å². The van der Waals surface area contributed by atoms with E-state index in [-0.39, 0.29) is 11.3 Å². The molecule has 3 nitrogen and oxygen atoms in total. The standard InChI is InChI=1S/C10H21NO2S/c1-3-6-14(12,13)10-5-4-8(2)7-9(10)11/h8-10H,3-7,11H2,1-2H3. The zero-order chi connectivity index (χ0) is 10.8. The summed E-state index contributed by atoms with van der Waals surface area (Å²) in [6, 6.07) is -0.143. The Hall–Kier alpha value is -0.0900. The molecule has 0 saturated heterocycles. The summed E-state index contributed by atoms with van der Waals surface area (Å²) in [4.78, 5) is 0. The largest absolute Gasteiger partial charge is 0.327 e. The number of hydrogen-bond acceptors (Lipinski definition) is 3. The monoisotopic (exact) mass is 219 g/mol. The lowest BCUT2D eigenvalue weighted by molar-refractivity contribution is 0.343. The van der Waals surface area contributed by atoms with Crippen LogP contribution < -0.4 is 5.73 Å². The van der Waals surface area contributed by atoms with Crippen molar-refractivity contribution in [2.24, 2.45) is 11.7 Å². The molecule has 2 N–H and O–H groups in total. The minimum absolute atomic E-state index is 0.143. The molecular formula is C10H21NO2S. The van der Waals surface area contributed by atoms with Crippen molar-refractivity contribution >= 4 is 9.84 Å². The molecule has 0 aromatic rings. The molecule has 0 amide bonds. The van der Waals surface area contributed by atoms with Gasteiger partial charge in [-0.1, -0.05) is 13.8 Å². The van der Waals surface area contributed by atoms with Crippen LogP contribution in [0.25, 0.3) is 0 Å². The Morgan fingerprint density at radius 1 is 1.36 bits per heavy atom. The summed E-state index contributed by atoms with van der Waals surface area (Å²) in [5.41, 5.74) is 5.91. The molecule has 0 aliphatic heterocycles. The molecule has 1 rings (SSSR count). The maximum absolute atomic E-state index is 11.8. The maximum atomic E-state index is 11.8. The molecule has 14 heavy (non-hydrogen) atoms. The lowest BCUT2D eigenvalue weighted by atomic mass is 9.87. The van der Waals surface area contributed by atoms with Crippen LogP contribution in [-0.4, -0.2) is 25.5 Å². The molecule has 0 heterocycles. The third-order valence-electron chi connectivity index (χ3n) is 3.05. The average Bonchev–Trinajstić information content (AvgIpc) is 2.02. The van der Waals surface area contributed by atoms with E-state index in [9.17, 15) is 8.42 Å². The van der Waals surface area contributed by atoms with Crippen molar-refractivity contribution in [2.45, 2.75) is 50.8 Å². The van der Waals surface area contributed by atoms with E-state index in [1.54, 1.807) is 0 Å². The van der Waals surface area contributed by atoms with E-state index >= 15 is 0 Å². The first kappa shape index (κ1) is 12.0. The Morgan fingerprint density at radius 2 is 2.00 bits per heavy atom. The Labute approximate surface area is 87.0 Å². The molecule has 1 fully saturated rings. The lowest BCUT2D eigenvalue weighted by Crippen LogP contribution is -2.45. The zero-order valence-electron chi connectivity index (χ0n) is 9.07. The maximum Gasteiger partial charge on any atom is 0.154 e. The average molecular weight is 219 g/mol. The van der Waals surface area contributed by atoms with Crippen molar-refractivity contribution in [3.05, 3.63) is 0 Å². The van der Waals surface area contributed by atoms with Crippen LogP contribution >= 0.6 is 0 Å². The minimum Gasteiger partial charge on any atom is -0.327 e. The van der Waals surface area contributed by atoms with Gasteiger partial charge in [0.15, 0.2) is 9.84 Å². The molecule has 3 unspecified atom stereocenters. The molecule has 1 aliphatic carbocycles. The molecule has 84 valence electrons. The summed E-state index contributed by atoms with van der Waals surface area (Å²) >= 11 is 0. The highest BCUT2D eigenvalue weighted by molar-refractivity contribution is 7.92. The smallest absolute Gasteiger partial charge is 0.154 e. The first-order valence-electron chi connectivity index (χ1n) is 5.44. The van der Waals surface area contributed by atoms with E-state index in [0.29, 0.717) is 18.1 Å². The van der Waals surface area contributed by atoms with Crippen molar-refractivity contribution in [2.75, 3.05) is 5.75 Å². The number of sulfone groups is 1. The van der Waals surface area contributed by atoms with Crippen LogP contribution in [0, 0.1) is 5.92 Å². The minimum atomic E-state index is -2.93. The third kappa shape index (κ3) is 2.70.